The van der Waals surface area contributed by atoms with Crippen molar-refractivity contribution in [2.45, 2.75) is 31.4 Å². The molecule has 0 spiro atoms. The first-order valence-corrected chi connectivity index (χ1v) is 5.84. The van der Waals surface area contributed by atoms with E-state index >= 15 is 0 Å². The van der Waals surface area contributed by atoms with Crippen molar-refractivity contribution in [1.29, 1.82) is 0 Å². The number of rotatable bonds is 6. The van der Waals surface area contributed by atoms with Crippen molar-refractivity contribution in [3.63, 3.8) is 0 Å². The van der Waals surface area contributed by atoms with Gasteiger partial charge in [0, 0.05) is 19.1 Å². The van der Waals surface area contributed by atoms with Crippen molar-refractivity contribution in [2.75, 3.05) is 26.2 Å². The molecule has 0 aromatic heterocycles. The van der Waals surface area contributed by atoms with Crippen molar-refractivity contribution in [3.8, 4) is 0 Å². The number of carboxylic acid groups (broad SMARTS) is 1. The zero-order valence-corrected chi connectivity index (χ0v) is 9.94. The predicted molar refractivity (Wildman–Crippen MR) is 59.6 cm³/mol. The van der Waals surface area contributed by atoms with E-state index in [0.717, 1.165) is 12.8 Å². The lowest BCUT2D eigenvalue weighted by molar-refractivity contribution is -0.166. The molecule has 1 heterocycles. The van der Waals surface area contributed by atoms with E-state index in [2.05, 4.69) is 5.32 Å². The Labute approximate surface area is 99.9 Å². The van der Waals surface area contributed by atoms with E-state index in [1.807, 2.05) is 11.8 Å². The second kappa shape index (κ2) is 4.62. The smallest absolute Gasteiger partial charge is 0.329 e. The van der Waals surface area contributed by atoms with Gasteiger partial charge in [-0.3, -0.25) is 9.69 Å². The number of carbonyl (C=O) groups excluding carboxylic acids is 1. The Morgan fingerprint density at radius 1 is 1.47 bits per heavy atom. The number of carboxylic acids is 1. The lowest BCUT2D eigenvalue weighted by Gasteiger charge is -2.46. The highest BCUT2D eigenvalue weighted by Gasteiger charge is 2.41. The first-order valence-electron chi connectivity index (χ1n) is 5.84. The minimum atomic E-state index is -0.962. The predicted octanol–water partition coefficient (Wildman–Crippen LogP) is -0.559. The molecule has 2 aliphatic rings. The Morgan fingerprint density at radius 3 is 2.65 bits per heavy atom. The van der Waals surface area contributed by atoms with E-state index in [9.17, 15) is 9.59 Å². The number of ether oxygens (including phenoxy) is 1. The number of nitrogens with one attached hydrogen (secondary N) is 1. The average molecular weight is 242 g/mol. The zero-order chi connectivity index (χ0) is 12.5. The minimum Gasteiger partial charge on any atom is -0.480 e. The van der Waals surface area contributed by atoms with E-state index in [0.29, 0.717) is 25.7 Å². The van der Waals surface area contributed by atoms with Crippen molar-refractivity contribution >= 4 is 11.9 Å². The van der Waals surface area contributed by atoms with Crippen LogP contribution in [0, 0.1) is 0 Å². The highest BCUT2D eigenvalue weighted by Crippen LogP contribution is 2.24. The number of nitrogens with zero attached hydrogens (tertiary/aromatic N) is 1. The van der Waals surface area contributed by atoms with Crippen molar-refractivity contribution in [1.82, 2.24) is 10.2 Å². The molecule has 0 aromatic rings. The second-order valence-electron chi connectivity index (χ2n) is 5.12. The third-order valence-electron chi connectivity index (χ3n) is 2.97. The lowest BCUT2D eigenvalue weighted by Crippen LogP contribution is -2.63. The summed E-state index contributed by atoms with van der Waals surface area (Å²) < 4.78 is 5.26. The molecule has 6 nitrogen and oxygen atoms in total. The lowest BCUT2D eigenvalue weighted by atomic mass is 9.96. The van der Waals surface area contributed by atoms with Crippen LogP contribution in [0.25, 0.3) is 0 Å². The van der Waals surface area contributed by atoms with Gasteiger partial charge in [0.2, 0.25) is 5.91 Å². The Morgan fingerprint density at radius 2 is 2.12 bits per heavy atom. The van der Waals surface area contributed by atoms with Crippen LogP contribution in [-0.2, 0) is 14.3 Å². The average Bonchev–Trinajstić information content (AvgIpc) is 2.96. The van der Waals surface area contributed by atoms with Crippen LogP contribution >= 0.6 is 0 Å². The molecule has 17 heavy (non-hydrogen) atoms. The molecule has 2 rings (SSSR count). The van der Waals surface area contributed by atoms with Crippen LogP contribution in [-0.4, -0.2) is 59.8 Å². The Hall–Kier alpha value is -1.14. The fourth-order valence-corrected chi connectivity index (χ4v) is 2.04. The molecule has 2 N–H and O–H groups in total. The van der Waals surface area contributed by atoms with Crippen LogP contribution in [0.15, 0.2) is 0 Å². The number of aliphatic carboxylic acids is 1. The van der Waals surface area contributed by atoms with Gasteiger partial charge in [-0.1, -0.05) is 0 Å². The van der Waals surface area contributed by atoms with Crippen molar-refractivity contribution in [2.24, 2.45) is 0 Å². The quantitative estimate of drug-likeness (QED) is 0.653. The van der Waals surface area contributed by atoms with Gasteiger partial charge in [-0.05, 0) is 19.8 Å². The number of likely N-dealkylation sites (tertiary alicyclic amines) is 1. The fraction of sp³-hybridized carbons (Fsp3) is 0.818. The largest absolute Gasteiger partial charge is 0.480 e. The highest BCUT2D eigenvalue weighted by atomic mass is 16.5. The molecule has 0 atom stereocenters. The summed E-state index contributed by atoms with van der Waals surface area (Å²) in [7, 11) is 0. The number of hydrogen-bond acceptors (Lipinski definition) is 4. The van der Waals surface area contributed by atoms with Gasteiger partial charge in [0.15, 0.2) is 0 Å². The third-order valence-corrected chi connectivity index (χ3v) is 2.97. The number of hydrogen-bond donors (Lipinski definition) is 2. The molecule has 96 valence electrons. The summed E-state index contributed by atoms with van der Waals surface area (Å²) in [5.41, 5.74) is -0.418. The molecule has 2 fully saturated rings. The van der Waals surface area contributed by atoms with Crippen LogP contribution in [0.5, 0.6) is 0 Å². The molecule has 1 aliphatic heterocycles. The van der Waals surface area contributed by atoms with E-state index < -0.39 is 11.6 Å². The van der Waals surface area contributed by atoms with Gasteiger partial charge < -0.3 is 15.2 Å². The van der Waals surface area contributed by atoms with E-state index in [1.54, 1.807) is 0 Å². The van der Waals surface area contributed by atoms with Crippen molar-refractivity contribution in [3.05, 3.63) is 0 Å². The highest BCUT2D eigenvalue weighted by molar-refractivity contribution is 5.78. The van der Waals surface area contributed by atoms with Crippen LogP contribution in [0.3, 0.4) is 0 Å². The minimum absolute atomic E-state index is 0.0489. The zero-order valence-electron chi connectivity index (χ0n) is 9.94. The van der Waals surface area contributed by atoms with E-state index in [-0.39, 0.29) is 12.5 Å². The van der Waals surface area contributed by atoms with Gasteiger partial charge in [0.05, 0.1) is 12.1 Å². The number of carbonyl (C=O) groups is 2. The summed E-state index contributed by atoms with van der Waals surface area (Å²) >= 11 is 0. The van der Waals surface area contributed by atoms with Crippen LogP contribution in [0.4, 0.5) is 0 Å². The summed E-state index contributed by atoms with van der Waals surface area (Å²) in [4.78, 5) is 23.8. The van der Waals surface area contributed by atoms with Gasteiger partial charge >= 0.3 is 5.97 Å². The molecular weight excluding hydrogens is 224 g/mol. The van der Waals surface area contributed by atoms with Crippen LogP contribution in [0.2, 0.25) is 0 Å². The summed E-state index contributed by atoms with van der Waals surface area (Å²) in [5.74, 6) is -0.913. The van der Waals surface area contributed by atoms with E-state index in [4.69, 9.17) is 9.84 Å². The fourth-order valence-electron chi connectivity index (χ4n) is 2.04. The van der Waals surface area contributed by atoms with Gasteiger partial charge in [0.25, 0.3) is 0 Å². The molecule has 1 saturated heterocycles. The monoisotopic (exact) mass is 242 g/mol. The standard InChI is InChI=1S/C11H18N2O4/c1-11(17-5-10(15)16)6-13(7-11)4-9(14)12-8-2-3-8/h8H,2-7H2,1H3,(H,12,14)(H,15,16). The molecule has 6 heteroatoms. The summed E-state index contributed by atoms with van der Waals surface area (Å²) in [6.07, 6.45) is 2.18. The summed E-state index contributed by atoms with van der Waals surface area (Å²) in [6, 6.07) is 0.387. The summed E-state index contributed by atoms with van der Waals surface area (Å²) in [5, 5.41) is 11.4. The molecule has 0 unspecified atom stereocenters. The second-order valence-corrected chi connectivity index (χ2v) is 5.12. The summed E-state index contributed by atoms with van der Waals surface area (Å²) in [6.45, 7) is 3.18. The van der Waals surface area contributed by atoms with Crippen LogP contribution in [0.1, 0.15) is 19.8 Å². The van der Waals surface area contributed by atoms with E-state index in [1.165, 1.54) is 0 Å². The Bertz CT molecular complexity index is 321. The van der Waals surface area contributed by atoms with Gasteiger partial charge in [-0.25, -0.2) is 4.79 Å². The molecule has 0 bridgehead atoms. The van der Waals surface area contributed by atoms with Gasteiger partial charge in [0.1, 0.15) is 6.61 Å². The van der Waals surface area contributed by atoms with Crippen LogP contribution < -0.4 is 5.32 Å². The normalized spacial score (nSPS) is 22.9. The molecule has 1 saturated carbocycles. The molecule has 1 aliphatic carbocycles. The molecule has 1 amide bonds. The molecule has 0 radical (unpaired) electrons. The maximum atomic E-state index is 11.5. The van der Waals surface area contributed by atoms with Crippen molar-refractivity contribution < 1.29 is 19.4 Å². The SMILES string of the molecule is CC1(OCC(=O)O)CN(CC(=O)NC2CC2)C1. The molecular formula is C11H18N2O4. The maximum Gasteiger partial charge on any atom is 0.329 e. The molecule has 0 aromatic carbocycles. The first-order chi connectivity index (χ1) is 7.97. The Kier molecular flexibility index (Phi) is 3.35. The topological polar surface area (TPSA) is 78.9 Å². The number of amides is 1. The first kappa shape index (κ1) is 12.3. The third kappa shape index (κ3) is 3.67. The van der Waals surface area contributed by atoms with Gasteiger partial charge in [-0.2, -0.15) is 0 Å². The maximum absolute atomic E-state index is 11.5. The Balaban J connectivity index is 1.63. The van der Waals surface area contributed by atoms with Gasteiger partial charge in [-0.15, -0.1) is 0 Å².